The fourth-order valence-corrected chi connectivity index (χ4v) is 10.8. The number of hydrogen-bond donors (Lipinski definition) is 4. The van der Waals surface area contributed by atoms with Crippen LogP contribution >= 0.6 is 0 Å². The molecule has 59 heavy (non-hydrogen) atoms. The summed E-state index contributed by atoms with van der Waals surface area (Å²) in [5.41, 5.74) is 5.83. The molecule has 6 aliphatic rings. The molecule has 0 radical (unpaired) electrons. The molecule has 6 fully saturated rings. The molecule has 3 aromatic carbocycles. The van der Waals surface area contributed by atoms with Gasteiger partial charge in [0, 0.05) is 17.5 Å². The Labute approximate surface area is 341 Å². The normalized spacial score (nSPS) is 27.0. The Kier molecular flexibility index (Phi) is 8.76. The predicted molar refractivity (Wildman–Crippen MR) is 220 cm³/mol. The van der Waals surface area contributed by atoms with Crippen LogP contribution in [0.2, 0.25) is 0 Å². The van der Waals surface area contributed by atoms with Gasteiger partial charge in [-0.25, -0.2) is 19.6 Å². The Bertz CT molecular complexity index is 2500. The van der Waals surface area contributed by atoms with Gasteiger partial charge in [0.25, 0.3) is 0 Å². The molecular weight excluding hydrogens is 749 g/mol. The molecule has 14 nitrogen and oxygen atoms in total. The predicted octanol–water partition coefficient (Wildman–Crippen LogP) is 6.71. The van der Waals surface area contributed by atoms with Crippen LogP contribution in [0.1, 0.15) is 70.7 Å². The number of aromatic amines is 2. The summed E-state index contributed by atoms with van der Waals surface area (Å²) in [4.78, 5) is 73.2. The first-order chi connectivity index (χ1) is 28.5. The molecule has 4 N–H and O–H groups in total. The highest BCUT2D eigenvalue weighted by Crippen LogP contribution is 2.81. The molecular formula is C45H50N8O6. The molecule has 5 heterocycles. The molecule has 3 unspecified atom stereocenters. The third kappa shape index (κ3) is 5.96. The maximum Gasteiger partial charge on any atom is 0.407 e. The topological polar surface area (TPSA) is 175 Å². The number of amides is 4. The second-order valence-electron chi connectivity index (χ2n) is 17.8. The van der Waals surface area contributed by atoms with Crippen molar-refractivity contribution in [2.75, 3.05) is 14.2 Å². The largest absolute Gasteiger partial charge is 0.453 e. The first kappa shape index (κ1) is 37.4. The highest BCUT2D eigenvalue weighted by Gasteiger charge is 2.85. The lowest BCUT2D eigenvalue weighted by Gasteiger charge is -2.37. The van der Waals surface area contributed by atoms with Gasteiger partial charge < -0.3 is 39.9 Å². The number of rotatable bonds is 10. The van der Waals surface area contributed by atoms with Gasteiger partial charge in [-0.15, -0.1) is 0 Å². The van der Waals surface area contributed by atoms with Gasteiger partial charge in [0.15, 0.2) is 0 Å². The van der Waals surface area contributed by atoms with Crippen LogP contribution in [0.25, 0.3) is 44.2 Å². The van der Waals surface area contributed by atoms with E-state index >= 15 is 0 Å². The van der Waals surface area contributed by atoms with Crippen molar-refractivity contribution in [1.29, 1.82) is 0 Å². The average molecular weight is 799 g/mol. The summed E-state index contributed by atoms with van der Waals surface area (Å²) >= 11 is 0. The highest BCUT2D eigenvalue weighted by atomic mass is 16.5. The first-order valence-corrected chi connectivity index (χ1v) is 20.9. The number of H-pyrrole nitrogens is 2. The summed E-state index contributed by atoms with van der Waals surface area (Å²) in [7, 11) is 2.62. The van der Waals surface area contributed by atoms with Crippen LogP contribution in [-0.4, -0.2) is 92.1 Å². The maximum atomic E-state index is 14.1. The van der Waals surface area contributed by atoms with Crippen molar-refractivity contribution in [3.05, 3.63) is 72.4 Å². The van der Waals surface area contributed by atoms with Crippen molar-refractivity contribution < 1.29 is 28.7 Å². The second-order valence-corrected chi connectivity index (χ2v) is 17.8. The summed E-state index contributed by atoms with van der Waals surface area (Å²) in [5.74, 6) is 2.98. The van der Waals surface area contributed by atoms with E-state index in [1.165, 1.54) is 14.2 Å². The molecule has 10 atom stereocenters. The minimum absolute atomic E-state index is 0.0792. The average Bonchev–Trinajstić information content (AvgIpc) is 3.69. The van der Waals surface area contributed by atoms with Crippen LogP contribution in [0, 0.1) is 35.5 Å². The molecule has 11 rings (SSSR count). The van der Waals surface area contributed by atoms with Crippen LogP contribution < -0.4 is 10.6 Å². The third-order valence-corrected chi connectivity index (χ3v) is 13.9. The van der Waals surface area contributed by atoms with E-state index in [1.54, 1.807) is 0 Å². The van der Waals surface area contributed by atoms with E-state index in [-0.39, 0.29) is 47.8 Å². The fraction of sp³-hybridized carbons (Fsp3) is 0.467. The minimum Gasteiger partial charge on any atom is -0.453 e. The van der Waals surface area contributed by atoms with Crippen LogP contribution in [0.3, 0.4) is 0 Å². The Balaban J connectivity index is 0.874. The number of carbonyl (C=O) groups is 4. The first-order valence-electron chi connectivity index (χ1n) is 20.9. The highest BCUT2D eigenvalue weighted by molar-refractivity contribution is 6.05. The Morgan fingerprint density at radius 2 is 1.37 bits per heavy atom. The minimum atomic E-state index is -0.688. The number of ether oxygens (including phenoxy) is 2. The van der Waals surface area contributed by atoms with Crippen molar-refractivity contribution in [2.45, 2.75) is 83.2 Å². The zero-order chi connectivity index (χ0) is 41.0. The van der Waals surface area contributed by atoms with E-state index < -0.39 is 24.3 Å². The van der Waals surface area contributed by atoms with E-state index in [2.05, 4.69) is 75.2 Å². The number of likely N-dealkylation sites (tertiary alicyclic amines) is 1. The Morgan fingerprint density at radius 1 is 0.729 bits per heavy atom. The van der Waals surface area contributed by atoms with Crippen molar-refractivity contribution in [3.8, 4) is 22.4 Å². The van der Waals surface area contributed by atoms with Crippen molar-refractivity contribution in [2.24, 2.45) is 35.5 Å². The number of imidazole rings is 2. The molecule has 3 saturated heterocycles. The van der Waals surface area contributed by atoms with Gasteiger partial charge in [0.2, 0.25) is 11.8 Å². The number of benzene rings is 3. The van der Waals surface area contributed by atoms with E-state index in [0.29, 0.717) is 23.7 Å². The number of aromatic nitrogens is 4. The van der Waals surface area contributed by atoms with Gasteiger partial charge in [-0.1, -0.05) is 70.2 Å². The monoisotopic (exact) mass is 798 g/mol. The summed E-state index contributed by atoms with van der Waals surface area (Å²) in [5, 5.41) is 7.62. The number of nitrogens with zero attached hydrogens (tertiary/aromatic N) is 4. The van der Waals surface area contributed by atoms with Gasteiger partial charge in [-0.05, 0) is 89.0 Å². The van der Waals surface area contributed by atoms with Gasteiger partial charge >= 0.3 is 12.2 Å². The van der Waals surface area contributed by atoms with E-state index in [4.69, 9.17) is 19.4 Å². The quantitative estimate of drug-likeness (QED) is 0.121. The fourth-order valence-electron chi connectivity index (χ4n) is 10.8. The molecule has 3 saturated carbocycles. The van der Waals surface area contributed by atoms with Crippen molar-refractivity contribution in [1.82, 2.24) is 40.4 Å². The zero-order valence-corrected chi connectivity index (χ0v) is 34.1. The lowest BCUT2D eigenvalue weighted by molar-refractivity contribution is -0.139. The lowest BCUT2D eigenvalue weighted by Crippen LogP contribution is -2.54. The Hall–Kier alpha value is -5.92. The van der Waals surface area contributed by atoms with Gasteiger partial charge in [-0.3, -0.25) is 9.59 Å². The van der Waals surface area contributed by atoms with Crippen LogP contribution in [0.15, 0.2) is 60.8 Å². The molecule has 0 spiro atoms. The molecule has 3 aliphatic heterocycles. The zero-order valence-electron chi connectivity index (χ0n) is 34.1. The summed E-state index contributed by atoms with van der Waals surface area (Å²) < 4.78 is 9.66. The molecule has 2 aromatic heterocycles. The number of carbonyl (C=O) groups excluding carboxylic acids is 4. The van der Waals surface area contributed by atoms with E-state index in [9.17, 15) is 19.2 Å². The smallest absolute Gasteiger partial charge is 0.407 e. The van der Waals surface area contributed by atoms with Crippen LogP contribution in [-0.2, 0) is 19.1 Å². The van der Waals surface area contributed by atoms with Gasteiger partial charge in [0.1, 0.15) is 23.7 Å². The van der Waals surface area contributed by atoms with E-state index in [0.717, 1.165) is 75.1 Å². The maximum absolute atomic E-state index is 14.1. The number of hydrogen-bond acceptors (Lipinski definition) is 8. The Morgan fingerprint density at radius 3 is 2.03 bits per heavy atom. The lowest BCUT2D eigenvalue weighted by atomic mass is 9.95. The molecule has 4 bridgehead atoms. The molecule has 306 valence electrons. The SMILES string of the molecule is COC(=O)N[C@H](C(=O)N1C2C3C([C@@H]32)[C@H]1c1ncc(-c2ccc(-c3ccc4c(ccc5[nH]c([C@@H]6[C@H]7CC[C@H](C7)N6C(=O)[C@@H](NC(=O)OC)C(C)C)nc54)c3)cc2)[nH]1)C(C)C. The number of fused-ring (bicyclic) bond motifs is 6. The summed E-state index contributed by atoms with van der Waals surface area (Å²) in [6.07, 6.45) is 3.55. The third-order valence-electron chi connectivity index (χ3n) is 13.9. The summed E-state index contributed by atoms with van der Waals surface area (Å²) in [6, 6.07) is 17.7. The number of alkyl carbamates (subject to hydrolysis) is 2. The molecule has 14 heteroatoms. The molecule has 5 aromatic rings. The number of nitrogens with one attached hydrogen (secondary N) is 4. The second kappa shape index (κ2) is 13.8. The van der Waals surface area contributed by atoms with E-state index in [1.807, 2.05) is 43.7 Å². The van der Waals surface area contributed by atoms with Gasteiger partial charge in [-0.2, -0.15) is 0 Å². The van der Waals surface area contributed by atoms with Gasteiger partial charge in [0.05, 0.1) is 49.2 Å². The van der Waals surface area contributed by atoms with Crippen LogP contribution in [0.4, 0.5) is 9.59 Å². The molecule has 3 aliphatic carbocycles. The summed E-state index contributed by atoms with van der Waals surface area (Å²) in [6.45, 7) is 7.73. The number of piperidine rings is 2. The molecule has 4 amide bonds. The number of methoxy groups -OCH3 is 2. The standard InChI is InChI=1S/C45H50N8O6/c1-20(2)34(50-44(56)58-5)42(54)52-27-14-11-26(18-27)37(52)41-47-29-16-13-25-17-24(12-15-28(25)36(29)49-41)22-7-9-23(10-8-22)30-19-46-40(48-30)39-33-31-32(33)38(31)53(39)43(55)35(21(3)4)51-45(57)59-6/h7-10,12-13,15-17,19-21,26-27,31-35,37-39H,11,14,18H2,1-6H3,(H,46,48)(H,47,49)(H,50,56)(H,51,57)/t26-,27+,31+,32?,33?,34-,35-,37-,38?,39-/m0/s1. The van der Waals surface area contributed by atoms with Crippen molar-refractivity contribution in [3.63, 3.8) is 0 Å². The van der Waals surface area contributed by atoms with Crippen LogP contribution in [0.5, 0.6) is 0 Å². The van der Waals surface area contributed by atoms with Crippen molar-refractivity contribution >= 4 is 45.8 Å².